The van der Waals surface area contributed by atoms with Gasteiger partial charge in [0.05, 0.1) is 6.10 Å². The zero-order chi connectivity index (χ0) is 17.2. The number of carbonyl (C=O) groups is 1. The normalized spacial score (nSPS) is 24.6. The second-order valence-electron chi connectivity index (χ2n) is 7.03. The van der Waals surface area contributed by atoms with E-state index in [0.29, 0.717) is 0 Å². The smallest absolute Gasteiger partial charge is 0.254 e. The molecule has 1 N–H and O–H groups in total. The lowest BCUT2D eigenvalue weighted by Gasteiger charge is -2.39. The number of benzene rings is 1. The number of amides is 1. The van der Waals surface area contributed by atoms with Crippen LogP contribution in [0.5, 0.6) is 0 Å². The van der Waals surface area contributed by atoms with E-state index >= 15 is 0 Å². The molecule has 5 nitrogen and oxygen atoms in total. The molecule has 0 spiro atoms. The molecule has 0 radical (unpaired) electrons. The predicted molar refractivity (Wildman–Crippen MR) is 96.9 cm³/mol. The van der Waals surface area contributed by atoms with Crippen LogP contribution in [0.2, 0.25) is 0 Å². The Labute approximate surface area is 148 Å². The van der Waals surface area contributed by atoms with Crippen LogP contribution >= 0.6 is 0 Å². The molecular weight excluding hydrogens is 314 g/mol. The van der Waals surface area contributed by atoms with Gasteiger partial charge in [-0.15, -0.1) is 0 Å². The standard InChI is InChI=1S/C20H25N3O2/c24-19-8-4-7-18(19)22-11-13-23(14-12-22)20(25)16-5-3-6-17(15-16)21-9-1-2-10-21/h1-3,5-6,9-10,15,18-19,24H,4,7-8,11-14H2. The molecule has 1 aromatic carbocycles. The van der Waals surface area contributed by atoms with Crippen molar-refractivity contribution in [2.24, 2.45) is 0 Å². The van der Waals surface area contributed by atoms with E-state index in [0.717, 1.165) is 56.7 Å². The summed E-state index contributed by atoms with van der Waals surface area (Å²) in [5, 5.41) is 10.1. The van der Waals surface area contributed by atoms with Gasteiger partial charge in [-0.3, -0.25) is 9.69 Å². The molecule has 2 aromatic rings. The second-order valence-corrected chi connectivity index (χ2v) is 7.03. The monoisotopic (exact) mass is 339 g/mol. The molecule has 132 valence electrons. The van der Waals surface area contributed by atoms with Crippen molar-refractivity contribution >= 4 is 5.91 Å². The summed E-state index contributed by atoms with van der Waals surface area (Å²) in [6, 6.07) is 12.0. The Morgan fingerprint density at radius 1 is 1.00 bits per heavy atom. The van der Waals surface area contributed by atoms with Gasteiger partial charge in [0.25, 0.3) is 5.91 Å². The topological polar surface area (TPSA) is 48.7 Å². The van der Waals surface area contributed by atoms with Crippen LogP contribution in [0.1, 0.15) is 29.6 Å². The summed E-state index contributed by atoms with van der Waals surface area (Å²) >= 11 is 0. The first kappa shape index (κ1) is 16.4. The van der Waals surface area contributed by atoms with E-state index in [4.69, 9.17) is 0 Å². The summed E-state index contributed by atoms with van der Waals surface area (Å²) in [6.45, 7) is 3.17. The summed E-state index contributed by atoms with van der Waals surface area (Å²) in [4.78, 5) is 17.2. The number of piperazine rings is 1. The lowest BCUT2D eigenvalue weighted by molar-refractivity contribution is 0.0315. The zero-order valence-corrected chi connectivity index (χ0v) is 14.4. The van der Waals surface area contributed by atoms with E-state index in [1.54, 1.807) is 0 Å². The van der Waals surface area contributed by atoms with Gasteiger partial charge in [0.15, 0.2) is 0 Å². The molecule has 1 aliphatic carbocycles. The summed E-state index contributed by atoms with van der Waals surface area (Å²) in [5.74, 6) is 0.0978. The predicted octanol–water partition coefficient (Wildman–Crippen LogP) is 2.15. The molecule has 2 unspecified atom stereocenters. The van der Waals surface area contributed by atoms with Gasteiger partial charge in [0.1, 0.15) is 0 Å². The summed E-state index contributed by atoms with van der Waals surface area (Å²) in [6.07, 6.45) is 6.87. The van der Waals surface area contributed by atoms with Crippen molar-refractivity contribution in [3.8, 4) is 5.69 Å². The maximum atomic E-state index is 12.9. The average Bonchev–Trinajstić information content (AvgIpc) is 3.33. The highest BCUT2D eigenvalue weighted by molar-refractivity contribution is 5.94. The average molecular weight is 339 g/mol. The Kier molecular flexibility index (Phi) is 4.59. The van der Waals surface area contributed by atoms with Crippen molar-refractivity contribution in [2.45, 2.75) is 31.4 Å². The van der Waals surface area contributed by atoms with Crippen LogP contribution in [0.3, 0.4) is 0 Å². The number of aliphatic hydroxyl groups is 1. The molecule has 1 amide bonds. The quantitative estimate of drug-likeness (QED) is 0.932. The number of rotatable bonds is 3. The first-order valence-corrected chi connectivity index (χ1v) is 9.17. The van der Waals surface area contributed by atoms with E-state index in [1.165, 1.54) is 0 Å². The van der Waals surface area contributed by atoms with Crippen LogP contribution in [-0.2, 0) is 0 Å². The molecule has 1 saturated carbocycles. The third kappa shape index (κ3) is 3.34. The summed E-state index contributed by atoms with van der Waals surface area (Å²) < 4.78 is 2.01. The van der Waals surface area contributed by atoms with Crippen molar-refractivity contribution in [3.05, 3.63) is 54.4 Å². The second kappa shape index (κ2) is 7.02. The Morgan fingerprint density at radius 3 is 2.44 bits per heavy atom. The molecule has 4 rings (SSSR count). The van der Waals surface area contributed by atoms with Gasteiger partial charge in [-0.05, 0) is 49.6 Å². The fraction of sp³-hybridized carbons (Fsp3) is 0.450. The largest absolute Gasteiger partial charge is 0.391 e. The first-order valence-electron chi connectivity index (χ1n) is 9.17. The van der Waals surface area contributed by atoms with Crippen LogP contribution in [0.15, 0.2) is 48.8 Å². The third-order valence-electron chi connectivity index (χ3n) is 5.51. The van der Waals surface area contributed by atoms with Gasteiger partial charge >= 0.3 is 0 Å². The molecular formula is C20H25N3O2. The zero-order valence-electron chi connectivity index (χ0n) is 14.4. The van der Waals surface area contributed by atoms with Crippen molar-refractivity contribution in [1.82, 2.24) is 14.4 Å². The van der Waals surface area contributed by atoms with Crippen LogP contribution in [0.25, 0.3) is 5.69 Å². The SMILES string of the molecule is O=C(c1cccc(-n2cccc2)c1)N1CCN(C2CCCC2O)CC1. The molecule has 1 aliphatic heterocycles. The first-order chi connectivity index (χ1) is 12.2. The van der Waals surface area contributed by atoms with Gasteiger partial charge in [-0.25, -0.2) is 0 Å². The van der Waals surface area contributed by atoms with E-state index in [9.17, 15) is 9.90 Å². The van der Waals surface area contributed by atoms with Gasteiger partial charge in [0, 0.05) is 55.9 Å². The lowest BCUT2D eigenvalue weighted by atomic mass is 10.1. The van der Waals surface area contributed by atoms with Crippen LogP contribution in [0.4, 0.5) is 0 Å². The molecule has 25 heavy (non-hydrogen) atoms. The van der Waals surface area contributed by atoms with Crippen LogP contribution < -0.4 is 0 Å². The highest BCUT2D eigenvalue weighted by Crippen LogP contribution is 2.25. The lowest BCUT2D eigenvalue weighted by Crippen LogP contribution is -2.53. The molecule has 1 saturated heterocycles. The fourth-order valence-electron chi connectivity index (χ4n) is 4.09. The number of hydrogen-bond acceptors (Lipinski definition) is 3. The van der Waals surface area contributed by atoms with Gasteiger partial charge in [0.2, 0.25) is 0 Å². The maximum Gasteiger partial charge on any atom is 0.254 e. The third-order valence-corrected chi connectivity index (χ3v) is 5.51. The van der Waals surface area contributed by atoms with Gasteiger partial charge < -0.3 is 14.6 Å². The highest BCUT2D eigenvalue weighted by atomic mass is 16.3. The summed E-state index contributed by atoms with van der Waals surface area (Å²) in [5.41, 5.74) is 1.74. The minimum absolute atomic E-state index is 0.0978. The highest BCUT2D eigenvalue weighted by Gasteiger charge is 2.33. The van der Waals surface area contributed by atoms with E-state index in [1.807, 2.05) is 58.3 Å². The Morgan fingerprint density at radius 2 is 1.76 bits per heavy atom. The minimum atomic E-state index is -0.194. The van der Waals surface area contributed by atoms with E-state index < -0.39 is 0 Å². The Bertz CT molecular complexity index is 720. The molecule has 1 aromatic heterocycles. The van der Waals surface area contributed by atoms with Crippen molar-refractivity contribution in [3.63, 3.8) is 0 Å². The molecule has 2 aliphatic rings. The van der Waals surface area contributed by atoms with Crippen LogP contribution in [-0.4, -0.2) is 63.7 Å². The van der Waals surface area contributed by atoms with Crippen molar-refractivity contribution in [1.29, 1.82) is 0 Å². The van der Waals surface area contributed by atoms with Crippen molar-refractivity contribution < 1.29 is 9.90 Å². The van der Waals surface area contributed by atoms with Gasteiger partial charge in [-0.1, -0.05) is 6.07 Å². The summed E-state index contributed by atoms with van der Waals surface area (Å²) in [7, 11) is 0. The molecule has 2 fully saturated rings. The number of nitrogens with zero attached hydrogens (tertiary/aromatic N) is 3. The van der Waals surface area contributed by atoms with Crippen LogP contribution in [0, 0.1) is 0 Å². The number of aromatic nitrogens is 1. The van der Waals surface area contributed by atoms with Gasteiger partial charge in [-0.2, -0.15) is 0 Å². The van der Waals surface area contributed by atoms with Crippen molar-refractivity contribution in [2.75, 3.05) is 26.2 Å². The number of aliphatic hydroxyl groups excluding tert-OH is 1. The van der Waals surface area contributed by atoms with E-state index in [-0.39, 0.29) is 18.1 Å². The minimum Gasteiger partial charge on any atom is -0.391 e. The number of carbonyl (C=O) groups excluding carboxylic acids is 1. The van der Waals surface area contributed by atoms with E-state index in [2.05, 4.69) is 4.90 Å². The number of hydrogen-bond donors (Lipinski definition) is 1. The fourth-order valence-corrected chi connectivity index (χ4v) is 4.09. The Balaban J connectivity index is 1.41. The molecule has 0 bridgehead atoms. The molecule has 2 atom stereocenters. The maximum absolute atomic E-state index is 12.9. The molecule has 2 heterocycles. The molecule has 5 heteroatoms. The Hall–Kier alpha value is -2.11.